The Morgan fingerprint density at radius 1 is 1.05 bits per heavy atom. The van der Waals surface area contributed by atoms with E-state index in [2.05, 4.69) is 15.9 Å². The molecule has 2 aromatic carbocycles. The van der Waals surface area contributed by atoms with Crippen LogP contribution in [0.25, 0.3) is 0 Å². The van der Waals surface area contributed by atoms with E-state index in [1.165, 1.54) is 18.2 Å². The molecule has 0 atom stereocenters. The molecule has 2 rings (SSSR count). The Morgan fingerprint density at radius 3 is 2.29 bits per heavy atom. The fourth-order valence-electron chi connectivity index (χ4n) is 1.92. The Bertz CT molecular complexity index is 687. The highest BCUT2D eigenvalue weighted by Crippen LogP contribution is 2.35. The van der Waals surface area contributed by atoms with Crippen molar-refractivity contribution in [1.82, 2.24) is 0 Å². The maximum absolute atomic E-state index is 13.3. The summed E-state index contributed by atoms with van der Waals surface area (Å²) in [5.74, 6) is -1.26. The van der Waals surface area contributed by atoms with Gasteiger partial charge in [0.05, 0.1) is 5.56 Å². The van der Waals surface area contributed by atoms with E-state index in [1.54, 1.807) is 6.92 Å². The largest absolute Gasteiger partial charge is 0.417 e. The third-order valence-electron chi connectivity index (χ3n) is 2.84. The van der Waals surface area contributed by atoms with E-state index in [4.69, 9.17) is 0 Å². The Morgan fingerprint density at radius 2 is 1.71 bits per heavy atom. The molecule has 0 aliphatic carbocycles. The van der Waals surface area contributed by atoms with Crippen LogP contribution in [0.2, 0.25) is 0 Å². The molecule has 0 heterocycles. The van der Waals surface area contributed by atoms with Crippen molar-refractivity contribution in [2.45, 2.75) is 13.1 Å². The number of rotatable bonds is 2. The van der Waals surface area contributed by atoms with Crippen LogP contribution in [-0.2, 0) is 6.18 Å². The Hall–Kier alpha value is -1.69. The highest BCUT2D eigenvalue weighted by atomic mass is 79.9. The molecule has 1 nitrogen and oxygen atoms in total. The number of alkyl halides is 3. The smallest absolute Gasteiger partial charge is 0.289 e. The van der Waals surface area contributed by atoms with E-state index in [0.29, 0.717) is 5.56 Å². The molecule has 0 amide bonds. The molecule has 0 aromatic heterocycles. The summed E-state index contributed by atoms with van der Waals surface area (Å²) in [5.41, 5.74) is -0.550. The lowest BCUT2D eigenvalue weighted by Gasteiger charge is -2.11. The number of ketones is 1. The highest BCUT2D eigenvalue weighted by molar-refractivity contribution is 9.10. The molecule has 0 fully saturated rings. The molecule has 0 N–H and O–H groups in total. The molecule has 0 aliphatic heterocycles. The van der Waals surface area contributed by atoms with E-state index in [-0.39, 0.29) is 15.6 Å². The van der Waals surface area contributed by atoms with Crippen LogP contribution in [0, 0.1) is 12.7 Å². The second-order valence-electron chi connectivity index (χ2n) is 4.54. The van der Waals surface area contributed by atoms with Gasteiger partial charge in [0, 0.05) is 15.6 Å². The molecule has 0 spiro atoms. The van der Waals surface area contributed by atoms with Crippen molar-refractivity contribution in [3.8, 4) is 0 Å². The van der Waals surface area contributed by atoms with E-state index in [0.717, 1.165) is 18.2 Å². The van der Waals surface area contributed by atoms with Gasteiger partial charge in [-0.25, -0.2) is 4.39 Å². The topological polar surface area (TPSA) is 17.1 Å². The van der Waals surface area contributed by atoms with E-state index >= 15 is 0 Å². The minimum atomic E-state index is -4.58. The SMILES string of the molecule is Cc1cc(F)cc(C(=O)c2ccc(Br)c(C(F)(F)F)c2)c1. The molecular weight excluding hydrogens is 352 g/mol. The second kappa shape index (κ2) is 5.60. The summed E-state index contributed by atoms with van der Waals surface area (Å²) in [5, 5.41) is 0. The van der Waals surface area contributed by atoms with Gasteiger partial charge in [-0.2, -0.15) is 13.2 Å². The van der Waals surface area contributed by atoms with Gasteiger partial charge in [0.15, 0.2) is 5.78 Å². The van der Waals surface area contributed by atoms with Gasteiger partial charge in [-0.15, -0.1) is 0 Å². The number of carbonyl (C=O) groups is 1. The van der Waals surface area contributed by atoms with Gasteiger partial charge in [-0.3, -0.25) is 4.79 Å². The Labute approximate surface area is 126 Å². The van der Waals surface area contributed by atoms with Gasteiger partial charge in [-0.05, 0) is 48.9 Å². The first kappa shape index (κ1) is 15.7. The maximum Gasteiger partial charge on any atom is 0.417 e. The summed E-state index contributed by atoms with van der Waals surface area (Å²) in [4.78, 5) is 12.2. The average molecular weight is 361 g/mol. The fourth-order valence-corrected chi connectivity index (χ4v) is 2.39. The zero-order valence-electron chi connectivity index (χ0n) is 10.8. The molecule has 0 radical (unpaired) electrons. The van der Waals surface area contributed by atoms with Crippen LogP contribution in [-0.4, -0.2) is 5.78 Å². The van der Waals surface area contributed by atoms with Crippen molar-refractivity contribution in [3.63, 3.8) is 0 Å². The number of aryl methyl sites for hydroxylation is 1. The molecule has 0 bridgehead atoms. The molecule has 0 unspecified atom stereocenters. The number of benzene rings is 2. The maximum atomic E-state index is 13.3. The first-order valence-corrected chi connectivity index (χ1v) is 6.66. The van der Waals surface area contributed by atoms with Crippen LogP contribution in [0.3, 0.4) is 0 Å². The third-order valence-corrected chi connectivity index (χ3v) is 3.53. The molecular formula is C15H9BrF4O. The molecule has 6 heteroatoms. The highest BCUT2D eigenvalue weighted by Gasteiger charge is 2.33. The van der Waals surface area contributed by atoms with Crippen molar-refractivity contribution >= 4 is 21.7 Å². The standard InChI is InChI=1S/C15H9BrF4O/c1-8-4-10(6-11(17)5-8)14(21)9-2-3-13(16)12(7-9)15(18,19)20/h2-7H,1H3. The lowest BCUT2D eigenvalue weighted by atomic mass is 10.00. The van der Waals surface area contributed by atoms with Crippen LogP contribution >= 0.6 is 15.9 Å². The van der Waals surface area contributed by atoms with Crippen LogP contribution in [0.5, 0.6) is 0 Å². The first-order chi connectivity index (χ1) is 9.68. The number of hydrogen-bond acceptors (Lipinski definition) is 1. The van der Waals surface area contributed by atoms with Crippen LogP contribution in [0.15, 0.2) is 40.9 Å². The third kappa shape index (κ3) is 3.50. The van der Waals surface area contributed by atoms with Crippen molar-refractivity contribution < 1.29 is 22.4 Å². The van der Waals surface area contributed by atoms with Gasteiger partial charge in [-0.1, -0.05) is 15.9 Å². The van der Waals surface area contributed by atoms with Gasteiger partial charge in [0.25, 0.3) is 0 Å². The fraction of sp³-hybridized carbons (Fsp3) is 0.133. The zero-order valence-corrected chi connectivity index (χ0v) is 12.3. The Kier molecular flexibility index (Phi) is 4.18. The second-order valence-corrected chi connectivity index (χ2v) is 5.39. The minimum Gasteiger partial charge on any atom is -0.289 e. The summed E-state index contributed by atoms with van der Waals surface area (Å²) < 4.78 is 51.6. The molecule has 110 valence electrons. The Balaban J connectivity index is 2.49. The van der Waals surface area contributed by atoms with Crippen molar-refractivity contribution in [3.05, 3.63) is 68.9 Å². The van der Waals surface area contributed by atoms with Crippen LogP contribution < -0.4 is 0 Å². The summed E-state index contributed by atoms with van der Waals surface area (Å²) >= 11 is 2.80. The summed E-state index contributed by atoms with van der Waals surface area (Å²) in [7, 11) is 0. The molecule has 0 saturated heterocycles. The van der Waals surface area contributed by atoms with Gasteiger partial charge in [0.2, 0.25) is 0 Å². The van der Waals surface area contributed by atoms with Gasteiger partial charge in [0.1, 0.15) is 5.82 Å². The predicted octanol–water partition coefficient (Wildman–Crippen LogP) is 5.15. The van der Waals surface area contributed by atoms with Crippen molar-refractivity contribution in [2.24, 2.45) is 0 Å². The molecule has 0 aliphatic rings. The van der Waals surface area contributed by atoms with Crippen molar-refractivity contribution in [1.29, 1.82) is 0 Å². The normalized spacial score (nSPS) is 11.5. The number of hydrogen-bond donors (Lipinski definition) is 0. The molecule has 21 heavy (non-hydrogen) atoms. The zero-order chi connectivity index (χ0) is 15.8. The van der Waals surface area contributed by atoms with Crippen molar-refractivity contribution in [2.75, 3.05) is 0 Å². The van der Waals surface area contributed by atoms with E-state index < -0.39 is 23.3 Å². The lowest BCUT2D eigenvalue weighted by Crippen LogP contribution is -2.09. The number of halogens is 5. The van der Waals surface area contributed by atoms with Crippen LogP contribution in [0.1, 0.15) is 27.0 Å². The average Bonchev–Trinajstić information content (AvgIpc) is 2.36. The van der Waals surface area contributed by atoms with Gasteiger partial charge < -0.3 is 0 Å². The quantitative estimate of drug-likeness (QED) is 0.534. The van der Waals surface area contributed by atoms with Gasteiger partial charge >= 0.3 is 6.18 Å². The summed E-state index contributed by atoms with van der Waals surface area (Å²) in [6.07, 6.45) is -4.58. The predicted molar refractivity (Wildman–Crippen MR) is 73.7 cm³/mol. The number of carbonyl (C=O) groups excluding carboxylic acids is 1. The van der Waals surface area contributed by atoms with E-state index in [9.17, 15) is 22.4 Å². The summed E-state index contributed by atoms with van der Waals surface area (Å²) in [6, 6.07) is 6.85. The van der Waals surface area contributed by atoms with Crippen LogP contribution in [0.4, 0.5) is 17.6 Å². The lowest BCUT2D eigenvalue weighted by molar-refractivity contribution is -0.138. The minimum absolute atomic E-state index is 0.0166. The molecule has 2 aromatic rings. The summed E-state index contributed by atoms with van der Waals surface area (Å²) in [6.45, 7) is 1.60. The van der Waals surface area contributed by atoms with E-state index in [1.807, 2.05) is 0 Å². The monoisotopic (exact) mass is 360 g/mol. The molecule has 0 saturated carbocycles. The first-order valence-electron chi connectivity index (χ1n) is 5.87.